The van der Waals surface area contributed by atoms with E-state index in [1.807, 2.05) is 0 Å². The molecule has 1 unspecified atom stereocenters. The van der Waals surface area contributed by atoms with Crippen LogP contribution >= 0.6 is 11.8 Å². The van der Waals surface area contributed by atoms with Crippen LogP contribution in [0.1, 0.15) is 26.7 Å². The zero-order chi connectivity index (χ0) is 12.8. The highest BCUT2D eigenvalue weighted by Gasteiger charge is 2.36. The van der Waals surface area contributed by atoms with E-state index in [0.29, 0.717) is 11.5 Å². The molecular weight excluding hydrogens is 244 g/mol. The fourth-order valence-corrected chi connectivity index (χ4v) is 3.75. The van der Waals surface area contributed by atoms with E-state index < -0.39 is 0 Å². The third-order valence-electron chi connectivity index (χ3n) is 3.94. The lowest BCUT2D eigenvalue weighted by molar-refractivity contribution is 0.110. The average Bonchev–Trinajstić information content (AvgIpc) is 2.64. The van der Waals surface area contributed by atoms with Gasteiger partial charge >= 0.3 is 0 Å². The summed E-state index contributed by atoms with van der Waals surface area (Å²) in [6, 6.07) is 0.571. The molecule has 2 heterocycles. The van der Waals surface area contributed by atoms with Crippen molar-refractivity contribution in [1.82, 2.24) is 10.2 Å². The van der Waals surface area contributed by atoms with Crippen LogP contribution in [0.3, 0.4) is 0 Å². The molecular formula is C14H28N2OS. The molecule has 4 heteroatoms. The van der Waals surface area contributed by atoms with Crippen molar-refractivity contribution in [2.24, 2.45) is 5.41 Å². The maximum Gasteiger partial charge on any atom is 0.0547 e. The van der Waals surface area contributed by atoms with Crippen LogP contribution in [0.5, 0.6) is 0 Å². The number of nitrogens with one attached hydrogen (secondary N) is 1. The molecule has 0 aromatic rings. The summed E-state index contributed by atoms with van der Waals surface area (Å²) in [5.74, 6) is 2.64. The third-order valence-corrected chi connectivity index (χ3v) is 4.99. The highest BCUT2D eigenvalue weighted by Crippen LogP contribution is 2.30. The average molecular weight is 272 g/mol. The SMILES string of the molecule is CC(C)NCC1(CN2CCCSCC2)CCOC1. The van der Waals surface area contributed by atoms with Crippen molar-refractivity contribution in [3.63, 3.8) is 0 Å². The maximum atomic E-state index is 5.69. The summed E-state index contributed by atoms with van der Waals surface area (Å²) in [5, 5.41) is 3.62. The van der Waals surface area contributed by atoms with Gasteiger partial charge in [-0.3, -0.25) is 0 Å². The molecule has 106 valence electrons. The molecule has 3 nitrogen and oxygen atoms in total. The summed E-state index contributed by atoms with van der Waals surface area (Å²) in [4.78, 5) is 2.66. The van der Waals surface area contributed by atoms with Crippen molar-refractivity contribution in [1.29, 1.82) is 0 Å². The Bertz CT molecular complexity index is 234. The summed E-state index contributed by atoms with van der Waals surface area (Å²) < 4.78 is 5.69. The molecule has 2 aliphatic rings. The van der Waals surface area contributed by atoms with Gasteiger partial charge in [-0.05, 0) is 25.1 Å². The Labute approximate surface area is 116 Å². The first-order valence-corrected chi connectivity index (χ1v) is 8.47. The van der Waals surface area contributed by atoms with Crippen molar-refractivity contribution >= 4 is 11.8 Å². The van der Waals surface area contributed by atoms with Gasteiger partial charge in [-0.15, -0.1) is 0 Å². The first-order valence-electron chi connectivity index (χ1n) is 7.31. The minimum absolute atomic E-state index is 0.360. The van der Waals surface area contributed by atoms with E-state index in [1.54, 1.807) is 0 Å². The summed E-state index contributed by atoms with van der Waals surface area (Å²) >= 11 is 2.11. The Hall–Kier alpha value is 0.230. The van der Waals surface area contributed by atoms with Gasteiger partial charge in [0.15, 0.2) is 0 Å². The summed E-state index contributed by atoms with van der Waals surface area (Å²) in [6.07, 6.45) is 2.57. The van der Waals surface area contributed by atoms with Gasteiger partial charge in [0.2, 0.25) is 0 Å². The first-order chi connectivity index (χ1) is 8.70. The minimum Gasteiger partial charge on any atom is -0.381 e. The molecule has 0 aliphatic carbocycles. The largest absolute Gasteiger partial charge is 0.381 e. The first kappa shape index (κ1) is 14.6. The molecule has 2 aliphatic heterocycles. The van der Waals surface area contributed by atoms with Crippen LogP contribution in [0, 0.1) is 5.41 Å². The minimum atomic E-state index is 0.360. The molecule has 0 saturated carbocycles. The molecule has 0 amide bonds. The molecule has 2 fully saturated rings. The summed E-state index contributed by atoms with van der Waals surface area (Å²) in [7, 11) is 0. The number of nitrogens with zero attached hydrogens (tertiary/aromatic N) is 1. The molecule has 1 N–H and O–H groups in total. The number of hydrogen-bond donors (Lipinski definition) is 1. The zero-order valence-corrected chi connectivity index (χ0v) is 12.7. The number of ether oxygens (including phenoxy) is 1. The molecule has 0 aromatic carbocycles. The zero-order valence-electron chi connectivity index (χ0n) is 11.9. The second kappa shape index (κ2) is 7.13. The van der Waals surface area contributed by atoms with Crippen LogP contribution in [-0.2, 0) is 4.74 Å². The van der Waals surface area contributed by atoms with E-state index in [1.165, 1.54) is 44.0 Å². The second-order valence-electron chi connectivity index (χ2n) is 6.08. The molecule has 18 heavy (non-hydrogen) atoms. The van der Waals surface area contributed by atoms with Gasteiger partial charge in [-0.2, -0.15) is 11.8 Å². The maximum absolute atomic E-state index is 5.69. The molecule has 2 rings (SSSR count). The fourth-order valence-electron chi connectivity index (χ4n) is 2.82. The Morgan fingerprint density at radius 1 is 1.33 bits per heavy atom. The van der Waals surface area contributed by atoms with Crippen LogP contribution in [0.15, 0.2) is 0 Å². The van der Waals surface area contributed by atoms with E-state index >= 15 is 0 Å². The van der Waals surface area contributed by atoms with Gasteiger partial charge < -0.3 is 15.0 Å². The standard InChI is InChI=1S/C14H28N2OS/c1-13(2)15-10-14(4-7-17-12-14)11-16-5-3-8-18-9-6-16/h13,15H,3-12H2,1-2H3. The van der Waals surface area contributed by atoms with Crippen molar-refractivity contribution < 1.29 is 4.74 Å². The third kappa shape index (κ3) is 4.41. The number of rotatable bonds is 5. The number of hydrogen-bond acceptors (Lipinski definition) is 4. The van der Waals surface area contributed by atoms with E-state index in [2.05, 4.69) is 35.8 Å². The van der Waals surface area contributed by atoms with E-state index in [-0.39, 0.29) is 0 Å². The van der Waals surface area contributed by atoms with Gasteiger partial charge in [0.05, 0.1) is 6.61 Å². The van der Waals surface area contributed by atoms with Crippen LogP contribution < -0.4 is 5.32 Å². The van der Waals surface area contributed by atoms with Crippen LogP contribution in [0.2, 0.25) is 0 Å². The van der Waals surface area contributed by atoms with Crippen LogP contribution in [0.4, 0.5) is 0 Å². The predicted octanol–water partition coefficient (Wildman–Crippen LogP) is 1.83. The molecule has 2 saturated heterocycles. The lowest BCUT2D eigenvalue weighted by Crippen LogP contribution is -2.46. The monoisotopic (exact) mass is 272 g/mol. The molecule has 0 spiro atoms. The smallest absolute Gasteiger partial charge is 0.0547 e. The lowest BCUT2D eigenvalue weighted by Gasteiger charge is -2.34. The normalized spacial score (nSPS) is 30.8. The molecule has 0 bridgehead atoms. The topological polar surface area (TPSA) is 24.5 Å². The van der Waals surface area contributed by atoms with Crippen molar-refractivity contribution in [2.45, 2.75) is 32.7 Å². The lowest BCUT2D eigenvalue weighted by atomic mass is 9.86. The predicted molar refractivity (Wildman–Crippen MR) is 79.4 cm³/mol. The van der Waals surface area contributed by atoms with Gasteiger partial charge in [0, 0.05) is 43.5 Å². The van der Waals surface area contributed by atoms with Gasteiger partial charge in [0.25, 0.3) is 0 Å². The number of thioether (sulfide) groups is 1. The highest BCUT2D eigenvalue weighted by molar-refractivity contribution is 7.99. The molecule has 0 radical (unpaired) electrons. The summed E-state index contributed by atoms with van der Waals surface area (Å²) in [5.41, 5.74) is 0.360. The highest BCUT2D eigenvalue weighted by atomic mass is 32.2. The van der Waals surface area contributed by atoms with Crippen molar-refractivity contribution in [3.05, 3.63) is 0 Å². The van der Waals surface area contributed by atoms with Crippen molar-refractivity contribution in [2.75, 3.05) is 50.9 Å². The Balaban J connectivity index is 1.87. The van der Waals surface area contributed by atoms with Crippen molar-refractivity contribution in [3.8, 4) is 0 Å². The Morgan fingerprint density at radius 3 is 2.94 bits per heavy atom. The summed E-state index contributed by atoms with van der Waals surface area (Å²) in [6.45, 7) is 11.2. The van der Waals surface area contributed by atoms with Gasteiger partial charge in [0.1, 0.15) is 0 Å². The Morgan fingerprint density at radius 2 is 2.22 bits per heavy atom. The van der Waals surface area contributed by atoms with Gasteiger partial charge in [-0.25, -0.2) is 0 Å². The van der Waals surface area contributed by atoms with Crippen LogP contribution in [-0.4, -0.2) is 61.8 Å². The second-order valence-corrected chi connectivity index (χ2v) is 7.31. The molecule has 0 aromatic heterocycles. The van der Waals surface area contributed by atoms with Crippen LogP contribution in [0.25, 0.3) is 0 Å². The molecule has 1 atom stereocenters. The Kier molecular flexibility index (Phi) is 5.80. The fraction of sp³-hybridized carbons (Fsp3) is 1.00. The van der Waals surface area contributed by atoms with E-state index in [9.17, 15) is 0 Å². The van der Waals surface area contributed by atoms with E-state index in [0.717, 1.165) is 19.8 Å². The van der Waals surface area contributed by atoms with E-state index in [4.69, 9.17) is 4.74 Å². The van der Waals surface area contributed by atoms with Gasteiger partial charge in [-0.1, -0.05) is 13.8 Å². The quantitative estimate of drug-likeness (QED) is 0.825.